The van der Waals surface area contributed by atoms with E-state index in [4.69, 9.17) is 5.73 Å². The van der Waals surface area contributed by atoms with E-state index in [2.05, 4.69) is 0 Å². The average Bonchev–Trinajstić information content (AvgIpc) is 2.95. The normalized spacial score (nSPS) is 29.5. The maximum Gasteiger partial charge on any atom is 0.257 e. The van der Waals surface area contributed by atoms with Crippen molar-refractivity contribution < 1.29 is 15.0 Å². The quantitative estimate of drug-likeness (QED) is 0.516. The largest absolute Gasteiger partial charge is 0.505 e. The summed E-state index contributed by atoms with van der Waals surface area (Å²) >= 11 is 0. The van der Waals surface area contributed by atoms with Gasteiger partial charge in [-0.1, -0.05) is 6.07 Å². The number of carbonyl (C=O) groups is 1. The Morgan fingerprint density at radius 2 is 2.11 bits per heavy atom. The number of aromatic hydroxyl groups is 1. The van der Waals surface area contributed by atoms with Crippen LogP contribution in [0.5, 0.6) is 5.75 Å². The number of fused-ring (bicyclic) bond motifs is 1. The fraction of sp³-hybridized carbons (Fsp3) is 0.500. The molecule has 1 saturated carbocycles. The smallest absolute Gasteiger partial charge is 0.257 e. The summed E-state index contributed by atoms with van der Waals surface area (Å²) in [6, 6.07) is 4.81. The third kappa shape index (κ3) is 1.94. The highest BCUT2D eigenvalue weighted by molar-refractivity contribution is 5.98. The van der Waals surface area contributed by atoms with E-state index in [9.17, 15) is 15.0 Å². The van der Waals surface area contributed by atoms with Gasteiger partial charge in [0.1, 0.15) is 0 Å². The topological polar surface area (TPSA) is 86.8 Å². The van der Waals surface area contributed by atoms with Gasteiger partial charge in [0, 0.05) is 19.0 Å². The predicted octanol–water partition coefficient (Wildman–Crippen LogP) is 0.817. The molecule has 102 valence electrons. The molecular weight excluding hydrogens is 244 g/mol. The number of benzene rings is 1. The SMILES string of the molecule is Nc1cccc(C(=O)N2CC3CCC(O)C3C2)c1O. The summed E-state index contributed by atoms with van der Waals surface area (Å²) in [5, 5.41) is 19.7. The molecule has 0 bridgehead atoms. The van der Waals surface area contributed by atoms with Crippen LogP contribution in [0.25, 0.3) is 0 Å². The van der Waals surface area contributed by atoms with Crippen LogP contribution >= 0.6 is 0 Å². The van der Waals surface area contributed by atoms with Gasteiger partial charge in [-0.25, -0.2) is 0 Å². The first-order valence-electron chi connectivity index (χ1n) is 6.62. The first-order chi connectivity index (χ1) is 9.08. The highest BCUT2D eigenvalue weighted by Crippen LogP contribution is 2.39. The van der Waals surface area contributed by atoms with Crippen molar-refractivity contribution in [1.82, 2.24) is 4.90 Å². The van der Waals surface area contributed by atoms with Crippen LogP contribution in [-0.4, -0.2) is 40.2 Å². The van der Waals surface area contributed by atoms with Crippen molar-refractivity contribution in [1.29, 1.82) is 0 Å². The molecule has 1 amide bonds. The zero-order chi connectivity index (χ0) is 13.6. The molecule has 1 heterocycles. The van der Waals surface area contributed by atoms with E-state index in [1.54, 1.807) is 23.1 Å². The molecule has 1 saturated heterocycles. The van der Waals surface area contributed by atoms with Gasteiger partial charge < -0.3 is 20.8 Å². The molecule has 0 radical (unpaired) electrons. The molecule has 0 aromatic heterocycles. The predicted molar refractivity (Wildman–Crippen MR) is 70.6 cm³/mol. The van der Waals surface area contributed by atoms with Crippen molar-refractivity contribution in [3.05, 3.63) is 23.8 Å². The monoisotopic (exact) mass is 262 g/mol. The first-order valence-corrected chi connectivity index (χ1v) is 6.62. The van der Waals surface area contributed by atoms with Crippen LogP contribution in [0.3, 0.4) is 0 Å². The Morgan fingerprint density at radius 3 is 2.84 bits per heavy atom. The lowest BCUT2D eigenvalue weighted by atomic mass is 10.00. The Kier molecular flexibility index (Phi) is 2.86. The van der Waals surface area contributed by atoms with Gasteiger partial charge in [0.05, 0.1) is 17.4 Å². The van der Waals surface area contributed by atoms with Crippen LogP contribution in [0.4, 0.5) is 5.69 Å². The number of likely N-dealkylation sites (tertiary alicyclic amines) is 1. The maximum atomic E-state index is 12.4. The van der Waals surface area contributed by atoms with E-state index >= 15 is 0 Å². The zero-order valence-electron chi connectivity index (χ0n) is 10.6. The van der Waals surface area contributed by atoms with Crippen molar-refractivity contribution >= 4 is 11.6 Å². The number of phenols is 1. The van der Waals surface area contributed by atoms with Crippen LogP contribution < -0.4 is 5.73 Å². The fourth-order valence-corrected chi connectivity index (χ4v) is 3.31. The van der Waals surface area contributed by atoms with Crippen LogP contribution in [0.2, 0.25) is 0 Å². The van der Waals surface area contributed by atoms with Crippen LogP contribution in [0.1, 0.15) is 23.2 Å². The molecule has 3 rings (SSSR count). The molecule has 2 fully saturated rings. The highest BCUT2D eigenvalue weighted by atomic mass is 16.3. The summed E-state index contributed by atoms with van der Waals surface area (Å²) < 4.78 is 0. The number of aliphatic hydroxyl groups is 1. The van der Waals surface area contributed by atoms with Crippen LogP contribution in [0.15, 0.2) is 18.2 Å². The third-order valence-corrected chi connectivity index (χ3v) is 4.40. The van der Waals surface area contributed by atoms with E-state index in [1.165, 1.54) is 0 Å². The van der Waals surface area contributed by atoms with Crippen molar-refractivity contribution in [2.45, 2.75) is 18.9 Å². The Labute approximate surface area is 111 Å². The van der Waals surface area contributed by atoms with Crippen molar-refractivity contribution in [3.8, 4) is 5.75 Å². The Balaban J connectivity index is 1.81. The molecule has 4 N–H and O–H groups in total. The first kappa shape index (κ1) is 12.3. The number of nitrogens with two attached hydrogens (primary N) is 1. The number of hydrogen-bond donors (Lipinski definition) is 3. The van der Waals surface area contributed by atoms with E-state index in [-0.39, 0.29) is 34.9 Å². The number of para-hydroxylation sites is 1. The highest BCUT2D eigenvalue weighted by Gasteiger charge is 2.43. The summed E-state index contributed by atoms with van der Waals surface area (Å²) in [7, 11) is 0. The molecule has 3 atom stereocenters. The number of phenolic OH excluding ortho intramolecular Hbond substituents is 1. The summed E-state index contributed by atoms with van der Waals surface area (Å²) in [6.07, 6.45) is 1.51. The molecular formula is C14H18N2O3. The number of nitrogens with zero attached hydrogens (tertiary/aromatic N) is 1. The lowest BCUT2D eigenvalue weighted by Gasteiger charge is -2.19. The van der Waals surface area contributed by atoms with Gasteiger partial charge in [-0.3, -0.25) is 4.79 Å². The molecule has 5 nitrogen and oxygen atoms in total. The van der Waals surface area contributed by atoms with E-state index in [0.29, 0.717) is 19.0 Å². The average molecular weight is 262 g/mol. The van der Waals surface area contributed by atoms with Gasteiger partial charge in [-0.15, -0.1) is 0 Å². The molecule has 1 aromatic rings. The second kappa shape index (κ2) is 4.42. The number of amides is 1. The number of hydrogen-bond acceptors (Lipinski definition) is 4. The van der Waals surface area contributed by atoms with Crippen LogP contribution in [-0.2, 0) is 0 Å². The molecule has 0 spiro atoms. The Bertz CT molecular complexity index is 517. The van der Waals surface area contributed by atoms with Crippen molar-refractivity contribution in [2.24, 2.45) is 11.8 Å². The number of carbonyl (C=O) groups excluding carboxylic acids is 1. The van der Waals surface area contributed by atoms with Crippen LogP contribution in [0, 0.1) is 11.8 Å². The minimum absolute atomic E-state index is 0.148. The minimum atomic E-state index is -0.294. The lowest BCUT2D eigenvalue weighted by molar-refractivity contribution is 0.0749. The number of nitrogen functional groups attached to an aromatic ring is 1. The molecule has 2 aliphatic rings. The zero-order valence-corrected chi connectivity index (χ0v) is 10.6. The Hall–Kier alpha value is -1.75. The standard InChI is InChI=1S/C14H18N2O3/c15-11-3-1-2-9(13(11)18)14(19)16-6-8-4-5-12(17)10(8)7-16/h1-3,8,10,12,17-18H,4-7,15H2. The summed E-state index contributed by atoms with van der Waals surface area (Å²) in [4.78, 5) is 14.1. The minimum Gasteiger partial charge on any atom is -0.505 e. The van der Waals surface area contributed by atoms with E-state index in [0.717, 1.165) is 12.8 Å². The lowest BCUT2D eigenvalue weighted by Crippen LogP contribution is -2.31. The second-order valence-corrected chi connectivity index (χ2v) is 5.52. The van der Waals surface area contributed by atoms with Crippen molar-refractivity contribution in [3.63, 3.8) is 0 Å². The molecule has 5 heteroatoms. The molecule has 19 heavy (non-hydrogen) atoms. The fourth-order valence-electron chi connectivity index (χ4n) is 3.31. The Morgan fingerprint density at radius 1 is 1.32 bits per heavy atom. The molecule has 1 aliphatic heterocycles. The molecule has 3 unspecified atom stereocenters. The summed E-state index contributed by atoms with van der Waals surface area (Å²) in [6.45, 7) is 1.23. The van der Waals surface area contributed by atoms with E-state index < -0.39 is 0 Å². The second-order valence-electron chi connectivity index (χ2n) is 5.52. The van der Waals surface area contributed by atoms with E-state index in [1.807, 2.05) is 0 Å². The van der Waals surface area contributed by atoms with Crippen molar-refractivity contribution in [2.75, 3.05) is 18.8 Å². The van der Waals surface area contributed by atoms with Gasteiger partial charge >= 0.3 is 0 Å². The molecule has 1 aliphatic carbocycles. The van der Waals surface area contributed by atoms with Gasteiger partial charge in [-0.05, 0) is 30.9 Å². The van der Waals surface area contributed by atoms with Gasteiger partial charge in [0.15, 0.2) is 5.75 Å². The number of rotatable bonds is 1. The van der Waals surface area contributed by atoms with Gasteiger partial charge in [-0.2, -0.15) is 0 Å². The number of anilines is 1. The summed E-state index contributed by atoms with van der Waals surface area (Å²) in [5.41, 5.74) is 6.07. The van der Waals surface area contributed by atoms with Gasteiger partial charge in [0.2, 0.25) is 0 Å². The third-order valence-electron chi connectivity index (χ3n) is 4.40. The van der Waals surface area contributed by atoms with Gasteiger partial charge in [0.25, 0.3) is 5.91 Å². The number of aliphatic hydroxyl groups excluding tert-OH is 1. The molecule has 1 aromatic carbocycles. The maximum absolute atomic E-state index is 12.4. The summed E-state index contributed by atoms with van der Waals surface area (Å²) in [5.74, 6) is 0.228.